The van der Waals surface area contributed by atoms with Gasteiger partial charge in [-0.3, -0.25) is 4.90 Å². The highest BCUT2D eigenvalue weighted by atomic mass is 16.5. The molecule has 1 saturated heterocycles. The first kappa shape index (κ1) is 19.7. The van der Waals surface area contributed by atoms with E-state index in [9.17, 15) is 15.0 Å². The summed E-state index contributed by atoms with van der Waals surface area (Å²) in [6.45, 7) is 1.99. The van der Waals surface area contributed by atoms with Crippen molar-refractivity contribution in [1.82, 2.24) is 14.7 Å². The number of phenols is 1. The molecule has 1 aromatic carbocycles. The molecular weight excluding hydrogens is 394 g/mol. The molecule has 3 aliphatic carbocycles. The summed E-state index contributed by atoms with van der Waals surface area (Å²) in [5, 5.41) is 23.1. The molecule has 1 spiro atoms. The second-order valence-electron chi connectivity index (χ2n) is 10.7. The molecular formula is C24H33N3O4. The quantitative estimate of drug-likeness (QED) is 0.771. The molecule has 7 nitrogen and oxygen atoms in total. The highest BCUT2D eigenvalue weighted by Gasteiger charge is 2.73. The lowest BCUT2D eigenvalue weighted by atomic mass is 9.48. The Balaban J connectivity index is 1.48. The Kier molecular flexibility index (Phi) is 3.99. The van der Waals surface area contributed by atoms with Gasteiger partial charge in [0.05, 0.1) is 17.1 Å². The minimum absolute atomic E-state index is 0.0608. The molecule has 5 atom stereocenters. The van der Waals surface area contributed by atoms with Gasteiger partial charge in [-0.15, -0.1) is 0 Å². The fraction of sp³-hybridized carbons (Fsp3) is 0.708. The Bertz CT molecular complexity index is 947. The molecule has 6 rings (SSSR count). The maximum absolute atomic E-state index is 12.8. The molecule has 168 valence electrons. The third-order valence-electron chi connectivity index (χ3n) is 8.91. The van der Waals surface area contributed by atoms with E-state index in [0.29, 0.717) is 18.6 Å². The Morgan fingerprint density at radius 1 is 1.23 bits per heavy atom. The average Bonchev–Trinajstić information content (AvgIpc) is 3.48. The van der Waals surface area contributed by atoms with E-state index in [0.717, 1.165) is 37.4 Å². The van der Waals surface area contributed by atoms with E-state index < -0.39 is 11.0 Å². The van der Waals surface area contributed by atoms with E-state index in [1.807, 2.05) is 13.1 Å². The maximum atomic E-state index is 12.8. The molecule has 2 N–H and O–H groups in total. The zero-order chi connectivity index (χ0) is 21.7. The number of carbonyl (C=O) groups excluding carboxylic acids is 1. The zero-order valence-corrected chi connectivity index (χ0v) is 18.7. The van der Waals surface area contributed by atoms with Crippen LogP contribution in [0.4, 0.5) is 4.79 Å². The third-order valence-corrected chi connectivity index (χ3v) is 8.91. The number of ether oxygens (including phenoxy) is 1. The van der Waals surface area contributed by atoms with Crippen LogP contribution in [-0.4, -0.2) is 89.0 Å². The van der Waals surface area contributed by atoms with Crippen LogP contribution < -0.4 is 4.74 Å². The number of phenolic OH excluding ortho intramolecular Hbond substituents is 1. The zero-order valence-electron chi connectivity index (χ0n) is 18.7. The van der Waals surface area contributed by atoms with Gasteiger partial charge < -0.3 is 24.7 Å². The number of aromatic hydroxyl groups is 1. The molecule has 0 aromatic heterocycles. The van der Waals surface area contributed by atoms with Crippen molar-refractivity contribution in [3.8, 4) is 11.5 Å². The normalized spacial score (nSPS) is 37.7. The van der Waals surface area contributed by atoms with E-state index >= 15 is 0 Å². The number of amides is 2. The van der Waals surface area contributed by atoms with Crippen LogP contribution in [-0.2, 0) is 11.8 Å². The number of piperidine rings is 1. The van der Waals surface area contributed by atoms with Crippen molar-refractivity contribution >= 4 is 6.03 Å². The lowest BCUT2D eigenvalue weighted by Gasteiger charge is -2.64. The Hall–Kier alpha value is -1.99. The molecule has 31 heavy (non-hydrogen) atoms. The first-order valence-corrected chi connectivity index (χ1v) is 11.7. The smallest absolute Gasteiger partial charge is 0.319 e. The van der Waals surface area contributed by atoms with E-state index in [2.05, 4.69) is 4.90 Å². The first-order valence-electron chi connectivity index (χ1n) is 11.7. The number of carbonyl (C=O) groups is 1. The van der Waals surface area contributed by atoms with Gasteiger partial charge in [0.1, 0.15) is 6.10 Å². The molecule has 7 heteroatoms. The minimum atomic E-state index is -0.907. The number of nitrogens with zero attached hydrogens (tertiary/aromatic N) is 3. The summed E-state index contributed by atoms with van der Waals surface area (Å²) in [4.78, 5) is 18.7. The molecule has 2 saturated carbocycles. The van der Waals surface area contributed by atoms with Gasteiger partial charge in [0, 0.05) is 39.3 Å². The van der Waals surface area contributed by atoms with Crippen LogP contribution in [0.2, 0.25) is 0 Å². The minimum Gasteiger partial charge on any atom is -0.504 e. The summed E-state index contributed by atoms with van der Waals surface area (Å²) in [6.07, 6.45) is 5.16. The number of hydrogen-bond donors (Lipinski definition) is 2. The summed E-state index contributed by atoms with van der Waals surface area (Å²) in [5.41, 5.74) is 0.712. The first-order chi connectivity index (χ1) is 14.8. The van der Waals surface area contributed by atoms with Gasteiger partial charge in [-0.1, -0.05) is 6.07 Å². The van der Waals surface area contributed by atoms with Crippen molar-refractivity contribution in [3.63, 3.8) is 0 Å². The van der Waals surface area contributed by atoms with Gasteiger partial charge in [-0.05, 0) is 62.6 Å². The van der Waals surface area contributed by atoms with Crippen molar-refractivity contribution in [2.24, 2.45) is 5.92 Å². The van der Waals surface area contributed by atoms with Crippen molar-refractivity contribution in [3.05, 3.63) is 23.3 Å². The fourth-order valence-corrected chi connectivity index (χ4v) is 7.31. The summed E-state index contributed by atoms with van der Waals surface area (Å²) in [7, 11) is 5.36. The number of rotatable bonds is 3. The Morgan fingerprint density at radius 2 is 2.00 bits per heavy atom. The molecule has 2 bridgehead atoms. The van der Waals surface area contributed by atoms with Gasteiger partial charge in [0.15, 0.2) is 11.5 Å². The van der Waals surface area contributed by atoms with Gasteiger partial charge in [-0.25, -0.2) is 4.79 Å². The summed E-state index contributed by atoms with van der Waals surface area (Å²) in [5.74, 6) is 1.45. The van der Waals surface area contributed by atoms with E-state index in [1.165, 1.54) is 18.4 Å². The lowest BCUT2D eigenvalue weighted by molar-refractivity contribution is -0.197. The van der Waals surface area contributed by atoms with Crippen LogP contribution in [0.3, 0.4) is 0 Å². The molecule has 5 aliphatic rings. The van der Waals surface area contributed by atoms with Gasteiger partial charge in [-0.2, -0.15) is 0 Å². The van der Waals surface area contributed by atoms with Gasteiger partial charge in [0.2, 0.25) is 0 Å². The largest absolute Gasteiger partial charge is 0.504 e. The second-order valence-corrected chi connectivity index (χ2v) is 10.7. The number of aliphatic hydroxyl groups is 1. The topological polar surface area (TPSA) is 76.5 Å². The number of likely N-dealkylation sites (tertiary alicyclic amines) is 1. The standard InChI is InChI=1S/C24H33N3O4/c1-25(2)22(29)26(3)16-8-9-24(30)18-12-15-6-7-17(28)20-19(15)23(24,21(16)31-20)10-11-27(18)13-14-4-5-14/h6-7,14,16,18,21,28,30H,4-5,8-13H2,1-3H3/t16-,18-,21+,23+,24-/m1/s1. The van der Waals surface area contributed by atoms with Crippen molar-refractivity contribution in [1.29, 1.82) is 0 Å². The predicted molar refractivity (Wildman–Crippen MR) is 115 cm³/mol. The molecule has 2 aliphatic heterocycles. The average molecular weight is 428 g/mol. The fourth-order valence-electron chi connectivity index (χ4n) is 7.31. The van der Waals surface area contributed by atoms with E-state index in [4.69, 9.17) is 4.74 Å². The van der Waals surface area contributed by atoms with Crippen LogP contribution in [0.1, 0.15) is 43.2 Å². The molecule has 2 amide bonds. The molecule has 0 unspecified atom stereocenters. The summed E-state index contributed by atoms with van der Waals surface area (Å²) < 4.78 is 6.53. The van der Waals surface area contributed by atoms with Crippen LogP contribution in [0.5, 0.6) is 11.5 Å². The van der Waals surface area contributed by atoms with Crippen molar-refractivity contribution in [2.45, 2.75) is 67.7 Å². The summed E-state index contributed by atoms with van der Waals surface area (Å²) in [6, 6.07) is 3.61. The predicted octanol–water partition coefficient (Wildman–Crippen LogP) is 1.94. The molecule has 3 fully saturated rings. The number of benzene rings is 1. The highest BCUT2D eigenvalue weighted by molar-refractivity contribution is 5.74. The number of likely N-dealkylation sites (N-methyl/N-ethyl adjacent to an activating group) is 1. The van der Waals surface area contributed by atoms with Crippen molar-refractivity contribution in [2.75, 3.05) is 34.2 Å². The van der Waals surface area contributed by atoms with Crippen LogP contribution in [0.25, 0.3) is 0 Å². The number of urea groups is 1. The highest BCUT2D eigenvalue weighted by Crippen LogP contribution is 2.66. The molecule has 1 aromatic rings. The Labute approximate surface area is 183 Å². The molecule has 2 heterocycles. The number of hydrogen-bond acceptors (Lipinski definition) is 5. The van der Waals surface area contributed by atoms with Crippen LogP contribution >= 0.6 is 0 Å². The Morgan fingerprint density at radius 3 is 2.71 bits per heavy atom. The third kappa shape index (κ3) is 2.39. The van der Waals surface area contributed by atoms with Crippen molar-refractivity contribution < 1.29 is 19.7 Å². The van der Waals surface area contributed by atoms with E-state index in [-0.39, 0.29) is 30.0 Å². The van der Waals surface area contributed by atoms with E-state index in [1.54, 1.807) is 30.0 Å². The second kappa shape index (κ2) is 6.29. The maximum Gasteiger partial charge on any atom is 0.319 e. The van der Waals surface area contributed by atoms with Crippen LogP contribution in [0.15, 0.2) is 12.1 Å². The van der Waals surface area contributed by atoms with Gasteiger partial charge >= 0.3 is 6.03 Å². The van der Waals surface area contributed by atoms with Gasteiger partial charge in [0.25, 0.3) is 0 Å². The van der Waals surface area contributed by atoms with Crippen LogP contribution in [0, 0.1) is 5.92 Å². The monoisotopic (exact) mass is 427 g/mol. The SMILES string of the molecule is CN(C)C(=O)N(C)[C@@H]1CC[C@@]2(O)[C@H]3Cc4ccc(O)c5c4[C@@]2(CCN3CC2CC2)[C@H]1O5. The molecule has 0 radical (unpaired) electrons. The summed E-state index contributed by atoms with van der Waals surface area (Å²) >= 11 is 0. The lowest BCUT2D eigenvalue weighted by Crippen LogP contribution is -2.78.